The van der Waals surface area contributed by atoms with Gasteiger partial charge < -0.3 is 15.7 Å². The highest BCUT2D eigenvalue weighted by molar-refractivity contribution is 7.98. The molecule has 1 aromatic carbocycles. The van der Waals surface area contributed by atoms with Gasteiger partial charge in [0.15, 0.2) is 0 Å². The van der Waals surface area contributed by atoms with Crippen molar-refractivity contribution in [2.45, 2.75) is 30.3 Å². The quantitative estimate of drug-likeness (QED) is 0.662. The maximum atomic E-state index is 10.3. The number of piperidine rings is 1. The number of nitrogens with two attached hydrogens (primary N) is 1. The fourth-order valence-corrected chi connectivity index (χ4v) is 3.54. The lowest BCUT2D eigenvalue weighted by Crippen LogP contribution is -2.46. The second-order valence-corrected chi connectivity index (χ2v) is 6.53. The Balaban J connectivity index is 2.41. The molecule has 1 unspecified atom stereocenters. The molecule has 0 spiro atoms. The molecule has 1 aromatic rings. The minimum absolute atomic E-state index is 0.421. The Kier molecular flexibility index (Phi) is 4.38. The smallest absolute Gasteiger partial charge is 0.107 e. The van der Waals surface area contributed by atoms with Crippen LogP contribution in [0.5, 0.6) is 0 Å². The lowest BCUT2D eigenvalue weighted by atomic mass is 9.94. The van der Waals surface area contributed by atoms with Gasteiger partial charge in [-0.05, 0) is 38.2 Å². The van der Waals surface area contributed by atoms with E-state index in [1.807, 2.05) is 31.4 Å². The van der Waals surface area contributed by atoms with Crippen molar-refractivity contribution in [1.82, 2.24) is 0 Å². The van der Waals surface area contributed by atoms with Crippen LogP contribution in [-0.4, -0.2) is 35.0 Å². The van der Waals surface area contributed by atoms with Gasteiger partial charge in [0.05, 0.1) is 5.60 Å². The van der Waals surface area contributed by atoms with E-state index in [1.165, 1.54) is 0 Å². The molecule has 19 heavy (non-hydrogen) atoms. The lowest BCUT2D eigenvalue weighted by molar-refractivity contribution is 0.0449. The van der Waals surface area contributed by atoms with Crippen LogP contribution in [0.1, 0.15) is 25.3 Å². The van der Waals surface area contributed by atoms with Crippen LogP contribution in [0.2, 0.25) is 0 Å². The zero-order chi connectivity index (χ0) is 14.0. The summed E-state index contributed by atoms with van der Waals surface area (Å²) in [5.41, 5.74) is 7.23. The number of aliphatic hydroxyl groups is 1. The summed E-state index contributed by atoms with van der Waals surface area (Å²) in [6, 6.07) is 6.09. The van der Waals surface area contributed by atoms with Gasteiger partial charge in [-0.3, -0.25) is 0 Å². The van der Waals surface area contributed by atoms with E-state index >= 15 is 0 Å². The monoisotopic (exact) mass is 296 g/mol. The van der Waals surface area contributed by atoms with E-state index in [2.05, 4.69) is 4.90 Å². The van der Waals surface area contributed by atoms with Gasteiger partial charge >= 0.3 is 0 Å². The molecule has 1 aliphatic heterocycles. The van der Waals surface area contributed by atoms with Crippen LogP contribution in [0.3, 0.4) is 0 Å². The van der Waals surface area contributed by atoms with Gasteiger partial charge in [-0.2, -0.15) is 0 Å². The fraction of sp³-hybridized carbons (Fsp3) is 0.500. The average Bonchev–Trinajstić information content (AvgIpc) is 2.36. The number of rotatable bonds is 3. The van der Waals surface area contributed by atoms with Crippen LogP contribution in [0.4, 0.5) is 5.69 Å². The summed E-state index contributed by atoms with van der Waals surface area (Å²) < 4.78 is 0. The van der Waals surface area contributed by atoms with Gasteiger partial charge in [-0.1, -0.05) is 18.3 Å². The van der Waals surface area contributed by atoms with E-state index in [4.69, 9.17) is 18.0 Å². The van der Waals surface area contributed by atoms with Crippen LogP contribution < -0.4 is 10.6 Å². The Morgan fingerprint density at radius 2 is 2.26 bits per heavy atom. The second kappa shape index (κ2) is 5.69. The predicted molar refractivity (Wildman–Crippen MR) is 86.2 cm³/mol. The Morgan fingerprint density at radius 3 is 2.84 bits per heavy atom. The summed E-state index contributed by atoms with van der Waals surface area (Å²) >= 11 is 6.85. The number of hydrogen-bond donors (Lipinski definition) is 2. The van der Waals surface area contributed by atoms with Crippen molar-refractivity contribution in [3.05, 3.63) is 23.8 Å². The molecule has 0 aromatic heterocycles. The molecule has 1 saturated heterocycles. The zero-order valence-corrected chi connectivity index (χ0v) is 13.0. The SMILES string of the molecule is CSc1cccc(N2CCCC(C)(O)C2)c1C(N)=S. The number of thiocarbonyl (C=S) groups is 1. The van der Waals surface area contributed by atoms with E-state index in [9.17, 15) is 5.11 Å². The van der Waals surface area contributed by atoms with Crippen LogP contribution in [0.15, 0.2) is 23.1 Å². The summed E-state index contributed by atoms with van der Waals surface area (Å²) in [6.07, 6.45) is 3.84. The van der Waals surface area contributed by atoms with Gasteiger partial charge in [0.1, 0.15) is 4.99 Å². The number of anilines is 1. The standard InChI is InChI=1S/C14H20N2OS2/c1-14(17)7-4-8-16(9-14)10-5-3-6-11(19-2)12(10)13(15)18/h3,5-6,17H,4,7-9H2,1-2H3,(H2,15,18). The molecule has 104 valence electrons. The molecule has 0 amide bonds. The van der Waals surface area contributed by atoms with E-state index in [0.29, 0.717) is 11.5 Å². The van der Waals surface area contributed by atoms with Crippen molar-refractivity contribution >= 4 is 34.7 Å². The first kappa shape index (κ1) is 14.6. The summed E-state index contributed by atoms with van der Waals surface area (Å²) in [7, 11) is 0. The van der Waals surface area contributed by atoms with Crippen LogP contribution in [-0.2, 0) is 0 Å². The minimum atomic E-state index is -0.638. The van der Waals surface area contributed by atoms with Gasteiger partial charge in [0.2, 0.25) is 0 Å². The molecule has 0 radical (unpaired) electrons. The molecule has 0 aliphatic carbocycles. The maximum absolute atomic E-state index is 10.3. The molecule has 1 fully saturated rings. The van der Waals surface area contributed by atoms with Crippen molar-refractivity contribution in [2.75, 3.05) is 24.2 Å². The molecule has 0 bridgehead atoms. The van der Waals surface area contributed by atoms with Gasteiger partial charge in [0, 0.05) is 29.2 Å². The minimum Gasteiger partial charge on any atom is -0.389 e. The highest BCUT2D eigenvalue weighted by Crippen LogP contribution is 2.33. The molecule has 5 heteroatoms. The molecular weight excluding hydrogens is 276 g/mol. The summed E-state index contributed by atoms with van der Waals surface area (Å²) in [5, 5.41) is 10.3. The van der Waals surface area contributed by atoms with Crippen molar-refractivity contribution < 1.29 is 5.11 Å². The first-order valence-electron chi connectivity index (χ1n) is 6.39. The third kappa shape index (κ3) is 3.22. The fourth-order valence-electron chi connectivity index (χ4n) is 2.63. The predicted octanol–water partition coefficient (Wildman–Crippen LogP) is 2.39. The van der Waals surface area contributed by atoms with E-state index in [-0.39, 0.29) is 0 Å². The molecular formula is C14H20N2OS2. The maximum Gasteiger partial charge on any atom is 0.107 e. The first-order chi connectivity index (χ1) is 8.94. The number of β-amino-alcohol motifs (C(OH)–C–C–N with tert-alkyl or cyclic N) is 1. The first-order valence-corrected chi connectivity index (χ1v) is 8.02. The van der Waals surface area contributed by atoms with Crippen molar-refractivity contribution in [3.8, 4) is 0 Å². The second-order valence-electron chi connectivity index (χ2n) is 5.24. The summed E-state index contributed by atoms with van der Waals surface area (Å²) in [4.78, 5) is 3.71. The number of nitrogens with zero attached hydrogens (tertiary/aromatic N) is 1. The Hall–Kier alpha value is -0.780. The van der Waals surface area contributed by atoms with Crippen molar-refractivity contribution in [2.24, 2.45) is 5.73 Å². The molecule has 3 nitrogen and oxygen atoms in total. The van der Waals surface area contributed by atoms with Gasteiger partial charge in [-0.25, -0.2) is 0 Å². The largest absolute Gasteiger partial charge is 0.389 e. The lowest BCUT2D eigenvalue weighted by Gasteiger charge is -2.39. The summed E-state index contributed by atoms with van der Waals surface area (Å²) in [6.45, 7) is 3.45. The van der Waals surface area contributed by atoms with Crippen LogP contribution in [0, 0.1) is 0 Å². The normalized spacial score (nSPS) is 23.4. The average molecular weight is 296 g/mol. The molecule has 1 heterocycles. The number of thioether (sulfide) groups is 1. The number of hydrogen-bond acceptors (Lipinski definition) is 4. The Morgan fingerprint density at radius 1 is 1.53 bits per heavy atom. The highest BCUT2D eigenvalue weighted by atomic mass is 32.2. The van der Waals surface area contributed by atoms with Crippen molar-refractivity contribution in [3.63, 3.8) is 0 Å². The van der Waals surface area contributed by atoms with Crippen molar-refractivity contribution in [1.29, 1.82) is 0 Å². The van der Waals surface area contributed by atoms with Gasteiger partial charge in [-0.15, -0.1) is 11.8 Å². The Bertz CT molecular complexity index is 488. The van der Waals surface area contributed by atoms with Gasteiger partial charge in [0.25, 0.3) is 0 Å². The Labute approximate surface area is 124 Å². The molecule has 1 atom stereocenters. The molecule has 2 rings (SSSR count). The van der Waals surface area contributed by atoms with Crippen LogP contribution in [0.25, 0.3) is 0 Å². The summed E-state index contributed by atoms with van der Waals surface area (Å²) in [5.74, 6) is 0. The third-order valence-electron chi connectivity index (χ3n) is 3.49. The molecule has 3 N–H and O–H groups in total. The topological polar surface area (TPSA) is 49.5 Å². The van der Waals surface area contributed by atoms with E-state index in [0.717, 1.165) is 35.5 Å². The number of benzene rings is 1. The highest BCUT2D eigenvalue weighted by Gasteiger charge is 2.30. The van der Waals surface area contributed by atoms with E-state index in [1.54, 1.807) is 11.8 Å². The van der Waals surface area contributed by atoms with Crippen LogP contribution >= 0.6 is 24.0 Å². The zero-order valence-electron chi connectivity index (χ0n) is 11.3. The molecule has 0 saturated carbocycles. The molecule has 1 aliphatic rings. The van der Waals surface area contributed by atoms with E-state index < -0.39 is 5.60 Å². The third-order valence-corrected chi connectivity index (χ3v) is 4.47.